The van der Waals surface area contributed by atoms with Crippen LogP contribution in [0, 0.1) is 35.7 Å². The van der Waals surface area contributed by atoms with Crippen molar-refractivity contribution in [3.05, 3.63) is 81.7 Å². The molecule has 7 N–H and O–H groups in total. The fourth-order valence-electron chi connectivity index (χ4n) is 7.64. The molecule has 0 saturated heterocycles. The maximum absolute atomic E-state index is 13.6. The molecule has 9 nitrogen and oxygen atoms in total. The number of nitrogens with zero attached hydrogens (tertiary/aromatic N) is 1. The van der Waals surface area contributed by atoms with Gasteiger partial charge in [0.05, 0.1) is 12.3 Å². The predicted octanol–water partition coefficient (Wildman–Crippen LogP) is 4.72. The summed E-state index contributed by atoms with van der Waals surface area (Å²) in [6.07, 6.45) is 13.4. The number of carbonyl (C=O) groups excluding carboxylic acids is 1. The number of carbonyl (C=O) groups is 1. The molecule has 0 amide bonds. The Morgan fingerprint density at radius 2 is 1.85 bits per heavy atom. The molecule has 4 heterocycles. The van der Waals surface area contributed by atoms with E-state index in [2.05, 4.69) is 43.9 Å². The van der Waals surface area contributed by atoms with Gasteiger partial charge in [-0.2, -0.15) is 0 Å². The minimum absolute atomic E-state index is 0.118. The van der Waals surface area contributed by atoms with Crippen LogP contribution in [0.3, 0.4) is 0 Å². The lowest BCUT2D eigenvalue weighted by Crippen LogP contribution is -3.12. The molecule has 4 aliphatic rings. The molecular weight excluding hydrogens is 652 g/mol. The standard InChI is InChI=1S/C43H52N4O5/c1-3-5-7-11-34(37(48)12-8-6-4-2)39(50)18-13-28-14-20-40-41(22-28)52-43-29(10-9-21-51-40)16-19-38(49)33-17-15-30(42(44)45)23-31(33)24-32-25-46-36-27-47(43)26-35(32)36/h14-15,17,20,22-23,25,27,29,34,37-38,42-43,48-49H,3-8,10-13,18,24,26,44-45H2,1-2H3/p+1/t29-,34+,37+,38+,43+/m0/s1. The number of nitrogens with two attached hydrogens (primary N) is 2. The van der Waals surface area contributed by atoms with Crippen LogP contribution in [0.15, 0.2) is 64.4 Å². The predicted molar refractivity (Wildman–Crippen MR) is 202 cm³/mol. The SMILES string of the molecule is CCCCC[C@@H](O)[C@@H](CCCCC)C(=O)CCc1ccc2c(c1)O[C@@H]1[C@H](C#C[C@@H](O)c3ccc(C(N)N)cc3CC3=C4C[NH+]1C=C4N=C3)CC#CO2. The summed E-state index contributed by atoms with van der Waals surface area (Å²) in [6.45, 7) is 4.95. The third kappa shape index (κ3) is 8.86. The number of aliphatic hydroxyl groups is 2. The fraction of sp³-hybridized carbons (Fsp3) is 0.488. The maximum atomic E-state index is 13.6. The maximum Gasteiger partial charge on any atom is 0.251 e. The smallest absolute Gasteiger partial charge is 0.251 e. The van der Waals surface area contributed by atoms with Crippen LogP contribution in [0.1, 0.15) is 113 Å². The zero-order valence-electron chi connectivity index (χ0n) is 30.5. The van der Waals surface area contributed by atoms with Crippen molar-refractivity contribution in [3.63, 3.8) is 0 Å². The highest BCUT2D eigenvalue weighted by Crippen LogP contribution is 2.34. The van der Waals surface area contributed by atoms with E-state index in [4.69, 9.17) is 25.9 Å². The zero-order valence-corrected chi connectivity index (χ0v) is 30.5. The highest BCUT2D eigenvalue weighted by Gasteiger charge is 2.40. The quantitative estimate of drug-likeness (QED) is 0.109. The third-order valence-corrected chi connectivity index (χ3v) is 10.7. The van der Waals surface area contributed by atoms with Gasteiger partial charge in [0.1, 0.15) is 42.4 Å². The molecule has 52 heavy (non-hydrogen) atoms. The molecule has 0 aromatic heterocycles. The van der Waals surface area contributed by atoms with Gasteiger partial charge in [0.15, 0.2) is 11.5 Å². The lowest BCUT2D eigenvalue weighted by atomic mass is 9.86. The number of hydrogen-bond donors (Lipinski definition) is 5. The normalized spacial score (nSPS) is 22.6. The van der Waals surface area contributed by atoms with Crippen molar-refractivity contribution in [1.29, 1.82) is 0 Å². The Bertz CT molecular complexity index is 1840. The third-order valence-electron chi connectivity index (χ3n) is 10.7. The number of unbranched alkanes of at least 4 members (excludes halogenated alkanes) is 4. The number of rotatable bonds is 14. The Morgan fingerprint density at radius 3 is 2.63 bits per heavy atom. The van der Waals surface area contributed by atoms with Gasteiger partial charge in [0, 0.05) is 30.5 Å². The number of aryl methyl sites for hydroxylation is 1. The van der Waals surface area contributed by atoms with Gasteiger partial charge in [-0.3, -0.25) is 14.7 Å². The van der Waals surface area contributed by atoms with Gasteiger partial charge in [-0.1, -0.05) is 94.4 Å². The molecule has 0 fully saturated rings. The fourth-order valence-corrected chi connectivity index (χ4v) is 7.64. The molecular formula is C43H53N4O5+. The van der Waals surface area contributed by atoms with Gasteiger partial charge < -0.3 is 31.2 Å². The molecule has 0 radical (unpaired) electrons. The van der Waals surface area contributed by atoms with Crippen LogP contribution < -0.4 is 25.8 Å². The minimum atomic E-state index is -1.04. The van der Waals surface area contributed by atoms with Gasteiger partial charge in [0.25, 0.3) is 6.23 Å². The monoisotopic (exact) mass is 705 g/mol. The molecule has 1 unspecified atom stereocenters. The number of Topliss-reactive ketones (excluding diaryl/α,β-unsaturated/α-hetero) is 1. The number of benzene rings is 2. The molecule has 274 valence electrons. The number of aliphatic hydroxyl groups excluding tert-OH is 2. The van der Waals surface area contributed by atoms with Gasteiger partial charge in [0.2, 0.25) is 0 Å². The summed E-state index contributed by atoms with van der Waals surface area (Å²) >= 11 is 0. The van der Waals surface area contributed by atoms with Crippen molar-refractivity contribution in [3.8, 4) is 35.4 Å². The van der Waals surface area contributed by atoms with Crippen molar-refractivity contribution in [2.45, 2.75) is 115 Å². The topological polar surface area (TPSA) is 145 Å². The van der Waals surface area contributed by atoms with Crippen LogP contribution in [0.5, 0.6) is 11.5 Å². The first-order chi connectivity index (χ1) is 25.2. The Balaban J connectivity index is 1.26. The molecule has 6 atom stereocenters. The summed E-state index contributed by atoms with van der Waals surface area (Å²) in [4.78, 5) is 19.4. The summed E-state index contributed by atoms with van der Waals surface area (Å²) < 4.78 is 12.7. The zero-order chi connectivity index (χ0) is 36.6. The van der Waals surface area contributed by atoms with E-state index in [0.717, 1.165) is 83.4 Å². The number of hydrogen-bond acceptors (Lipinski definition) is 8. The highest BCUT2D eigenvalue weighted by atomic mass is 16.5. The van der Waals surface area contributed by atoms with Crippen LogP contribution in [0.4, 0.5) is 0 Å². The first kappa shape index (κ1) is 37.5. The Hall–Kier alpha value is -4.22. The summed E-state index contributed by atoms with van der Waals surface area (Å²) in [5.41, 5.74) is 18.5. The van der Waals surface area contributed by atoms with Crippen LogP contribution in [-0.2, 0) is 17.6 Å². The van der Waals surface area contributed by atoms with Crippen molar-refractivity contribution in [1.82, 2.24) is 0 Å². The molecule has 2 aromatic carbocycles. The number of nitrogens with one attached hydrogen (secondary N) is 1. The second kappa shape index (κ2) is 17.5. The van der Waals surface area contributed by atoms with E-state index in [1.807, 2.05) is 42.6 Å². The molecule has 0 saturated carbocycles. The van der Waals surface area contributed by atoms with E-state index in [9.17, 15) is 15.0 Å². The van der Waals surface area contributed by atoms with E-state index in [-0.39, 0.29) is 17.6 Å². The number of quaternary nitrogens is 1. The number of ketones is 1. The summed E-state index contributed by atoms with van der Waals surface area (Å²) in [5.74, 6) is 10.0. The summed E-state index contributed by atoms with van der Waals surface area (Å²) in [5, 5.41) is 22.4. The van der Waals surface area contributed by atoms with Crippen LogP contribution in [-0.4, -0.2) is 41.1 Å². The van der Waals surface area contributed by atoms with Gasteiger partial charge in [-0.25, -0.2) is 0 Å². The number of ether oxygens (including phenoxy) is 2. The van der Waals surface area contributed by atoms with Crippen LogP contribution >= 0.6 is 0 Å². The number of allylic oxidation sites excluding steroid dienone is 1. The molecule has 0 aliphatic carbocycles. The first-order valence-electron chi connectivity index (χ1n) is 19.1. The highest BCUT2D eigenvalue weighted by molar-refractivity contribution is 5.87. The molecule has 9 heteroatoms. The van der Waals surface area contributed by atoms with Crippen molar-refractivity contribution >= 4 is 12.0 Å². The molecule has 2 aromatic rings. The second-order valence-corrected chi connectivity index (χ2v) is 14.5. The van der Waals surface area contributed by atoms with E-state index in [0.29, 0.717) is 55.7 Å². The number of aliphatic imine (C=N–C) groups is 1. The van der Waals surface area contributed by atoms with Crippen LogP contribution in [0.2, 0.25) is 0 Å². The lowest BCUT2D eigenvalue weighted by molar-refractivity contribution is -0.889. The Morgan fingerprint density at radius 1 is 1.04 bits per heavy atom. The van der Waals surface area contributed by atoms with Crippen molar-refractivity contribution in [2.75, 3.05) is 6.54 Å². The van der Waals surface area contributed by atoms with E-state index in [1.54, 1.807) is 0 Å². The van der Waals surface area contributed by atoms with Gasteiger partial charge >= 0.3 is 0 Å². The van der Waals surface area contributed by atoms with Crippen LogP contribution in [0.25, 0.3) is 0 Å². The van der Waals surface area contributed by atoms with E-state index in [1.165, 1.54) is 0 Å². The first-order valence-corrected chi connectivity index (χ1v) is 19.1. The Kier molecular flexibility index (Phi) is 12.7. The lowest BCUT2D eigenvalue weighted by Gasteiger charge is -2.28. The average molecular weight is 706 g/mol. The molecule has 4 aliphatic heterocycles. The van der Waals surface area contributed by atoms with Crippen molar-refractivity contribution < 1.29 is 29.4 Å². The largest absolute Gasteiger partial charge is 0.437 e. The van der Waals surface area contributed by atoms with Crippen molar-refractivity contribution in [2.24, 2.45) is 28.3 Å². The van der Waals surface area contributed by atoms with E-state index >= 15 is 0 Å². The average Bonchev–Trinajstić information content (AvgIpc) is 3.74. The Labute approximate surface area is 308 Å². The van der Waals surface area contributed by atoms with Gasteiger partial charge in [-0.15, -0.1) is 0 Å². The van der Waals surface area contributed by atoms with Gasteiger partial charge in [-0.05, 0) is 65.6 Å². The molecule has 0 spiro atoms. The number of fused-ring (bicyclic) bond motifs is 5. The molecule has 2 bridgehead atoms. The summed E-state index contributed by atoms with van der Waals surface area (Å²) in [6, 6.07) is 11.4. The second-order valence-electron chi connectivity index (χ2n) is 14.5. The minimum Gasteiger partial charge on any atom is -0.437 e. The molecule has 6 rings (SSSR count). The van der Waals surface area contributed by atoms with E-state index < -0.39 is 24.6 Å². The summed E-state index contributed by atoms with van der Waals surface area (Å²) in [7, 11) is 0.